The molecule has 0 aliphatic heterocycles. The standard InChI is InChI=1S/C14H21FN2O3S/c1-10(17(2)13-5-6-13)8-16-21(19,20)14-7-12(15)4-3-11(14)9-18/h3-4,7,10,13,16,18H,5-6,8-9H2,1-2H3. The van der Waals surface area contributed by atoms with Crippen LogP contribution in [0.5, 0.6) is 0 Å². The van der Waals surface area contributed by atoms with E-state index in [-0.39, 0.29) is 23.0 Å². The van der Waals surface area contributed by atoms with Crippen LogP contribution in [-0.2, 0) is 16.6 Å². The van der Waals surface area contributed by atoms with Crippen molar-refractivity contribution in [2.75, 3.05) is 13.6 Å². The van der Waals surface area contributed by atoms with E-state index in [4.69, 9.17) is 0 Å². The summed E-state index contributed by atoms with van der Waals surface area (Å²) in [6, 6.07) is 3.94. The fraction of sp³-hybridized carbons (Fsp3) is 0.571. The number of aliphatic hydroxyl groups excluding tert-OH is 1. The van der Waals surface area contributed by atoms with Crippen LogP contribution in [0.1, 0.15) is 25.3 Å². The molecule has 0 heterocycles. The molecule has 0 aromatic heterocycles. The van der Waals surface area contributed by atoms with Gasteiger partial charge < -0.3 is 5.11 Å². The van der Waals surface area contributed by atoms with Crippen molar-refractivity contribution >= 4 is 10.0 Å². The van der Waals surface area contributed by atoms with Crippen molar-refractivity contribution in [3.8, 4) is 0 Å². The maximum absolute atomic E-state index is 13.3. The zero-order chi connectivity index (χ0) is 15.6. The molecule has 0 saturated heterocycles. The fourth-order valence-corrected chi connectivity index (χ4v) is 3.56. The Kier molecular flexibility index (Phi) is 4.98. The second-order valence-corrected chi connectivity index (χ2v) is 7.24. The molecule has 1 aliphatic rings. The van der Waals surface area contributed by atoms with Gasteiger partial charge in [0.25, 0.3) is 0 Å². The number of likely N-dealkylation sites (N-methyl/N-ethyl adjacent to an activating group) is 1. The van der Waals surface area contributed by atoms with Crippen LogP contribution < -0.4 is 4.72 Å². The fourth-order valence-electron chi connectivity index (χ4n) is 2.20. The predicted molar refractivity (Wildman–Crippen MR) is 77.8 cm³/mol. The minimum atomic E-state index is -3.84. The minimum absolute atomic E-state index is 0.0541. The second-order valence-electron chi connectivity index (χ2n) is 5.51. The summed E-state index contributed by atoms with van der Waals surface area (Å²) < 4.78 is 40.3. The Labute approximate surface area is 124 Å². The lowest BCUT2D eigenvalue weighted by Gasteiger charge is -2.24. The molecular formula is C14H21FN2O3S. The van der Waals surface area contributed by atoms with Gasteiger partial charge in [-0.2, -0.15) is 0 Å². The molecule has 7 heteroatoms. The molecule has 1 aliphatic carbocycles. The van der Waals surface area contributed by atoms with Crippen molar-refractivity contribution in [2.24, 2.45) is 0 Å². The average molecular weight is 316 g/mol. The van der Waals surface area contributed by atoms with Gasteiger partial charge in [-0.3, -0.25) is 4.90 Å². The Morgan fingerprint density at radius 3 is 2.71 bits per heavy atom. The van der Waals surface area contributed by atoms with Crippen LogP contribution in [0.3, 0.4) is 0 Å². The smallest absolute Gasteiger partial charge is 0.241 e. The zero-order valence-corrected chi connectivity index (χ0v) is 13.0. The van der Waals surface area contributed by atoms with Crippen LogP contribution in [0, 0.1) is 5.82 Å². The molecule has 1 aromatic rings. The maximum Gasteiger partial charge on any atom is 0.241 e. The summed E-state index contributed by atoms with van der Waals surface area (Å²) in [4.78, 5) is 1.94. The summed E-state index contributed by atoms with van der Waals surface area (Å²) in [5.41, 5.74) is 0.187. The largest absolute Gasteiger partial charge is 0.392 e. The van der Waals surface area contributed by atoms with Gasteiger partial charge in [0.15, 0.2) is 0 Å². The number of rotatable bonds is 7. The highest BCUT2D eigenvalue weighted by atomic mass is 32.2. The van der Waals surface area contributed by atoms with E-state index >= 15 is 0 Å². The molecule has 1 saturated carbocycles. The minimum Gasteiger partial charge on any atom is -0.392 e. The quantitative estimate of drug-likeness (QED) is 0.790. The summed E-state index contributed by atoms with van der Waals surface area (Å²) >= 11 is 0. The average Bonchev–Trinajstić information content (AvgIpc) is 3.28. The van der Waals surface area contributed by atoms with E-state index in [1.54, 1.807) is 0 Å². The number of nitrogens with one attached hydrogen (secondary N) is 1. The van der Waals surface area contributed by atoms with Gasteiger partial charge in [-0.15, -0.1) is 0 Å². The number of benzene rings is 1. The van der Waals surface area contributed by atoms with Gasteiger partial charge in [0.05, 0.1) is 11.5 Å². The Morgan fingerprint density at radius 1 is 1.48 bits per heavy atom. The Morgan fingerprint density at radius 2 is 2.14 bits per heavy atom. The normalized spacial score (nSPS) is 17.2. The first-order chi connectivity index (χ1) is 9.85. The lowest BCUT2D eigenvalue weighted by molar-refractivity contribution is 0.248. The summed E-state index contributed by atoms with van der Waals surface area (Å²) in [5, 5.41) is 9.20. The van der Waals surface area contributed by atoms with Gasteiger partial charge in [0, 0.05) is 18.6 Å². The third-order valence-corrected chi connectivity index (χ3v) is 5.38. The second kappa shape index (κ2) is 6.39. The van der Waals surface area contributed by atoms with Gasteiger partial charge in [-0.25, -0.2) is 17.5 Å². The van der Waals surface area contributed by atoms with Gasteiger partial charge in [0.2, 0.25) is 10.0 Å². The van der Waals surface area contributed by atoms with E-state index in [0.717, 1.165) is 25.0 Å². The summed E-state index contributed by atoms with van der Waals surface area (Å²) in [7, 11) is -1.87. The maximum atomic E-state index is 13.3. The molecule has 21 heavy (non-hydrogen) atoms. The molecule has 2 rings (SSSR count). The van der Waals surface area contributed by atoms with Crippen LogP contribution in [0.25, 0.3) is 0 Å². The first-order valence-electron chi connectivity index (χ1n) is 6.96. The van der Waals surface area contributed by atoms with Gasteiger partial charge >= 0.3 is 0 Å². The van der Waals surface area contributed by atoms with Gasteiger partial charge in [-0.05, 0) is 44.5 Å². The zero-order valence-electron chi connectivity index (χ0n) is 12.2. The third-order valence-electron chi connectivity index (χ3n) is 3.88. The Bertz CT molecular complexity index is 602. The number of hydrogen-bond donors (Lipinski definition) is 2. The molecule has 0 spiro atoms. The molecule has 2 N–H and O–H groups in total. The van der Waals surface area contributed by atoms with E-state index in [1.165, 1.54) is 6.07 Å². The number of sulfonamides is 1. The van der Waals surface area contributed by atoms with Crippen LogP contribution in [0.2, 0.25) is 0 Å². The molecule has 118 valence electrons. The van der Waals surface area contributed by atoms with E-state index in [2.05, 4.69) is 9.62 Å². The van der Waals surface area contributed by atoms with E-state index in [0.29, 0.717) is 6.04 Å². The van der Waals surface area contributed by atoms with Crippen LogP contribution in [0.15, 0.2) is 23.1 Å². The highest BCUT2D eigenvalue weighted by Crippen LogP contribution is 2.27. The molecule has 1 atom stereocenters. The molecular weight excluding hydrogens is 295 g/mol. The molecule has 0 amide bonds. The van der Waals surface area contributed by atoms with Crippen molar-refractivity contribution in [3.05, 3.63) is 29.6 Å². The van der Waals surface area contributed by atoms with Gasteiger partial charge in [-0.1, -0.05) is 6.07 Å². The first kappa shape index (κ1) is 16.4. The van der Waals surface area contributed by atoms with E-state index < -0.39 is 22.4 Å². The Hall–Kier alpha value is -1.02. The molecule has 0 bridgehead atoms. The van der Waals surface area contributed by atoms with E-state index in [1.807, 2.05) is 14.0 Å². The molecule has 1 fully saturated rings. The van der Waals surface area contributed by atoms with Crippen molar-refractivity contribution in [2.45, 2.75) is 43.4 Å². The van der Waals surface area contributed by atoms with E-state index in [9.17, 15) is 17.9 Å². The monoisotopic (exact) mass is 316 g/mol. The topological polar surface area (TPSA) is 69.6 Å². The highest BCUT2D eigenvalue weighted by molar-refractivity contribution is 7.89. The number of nitrogens with zero attached hydrogens (tertiary/aromatic N) is 1. The molecule has 1 aromatic carbocycles. The highest BCUT2D eigenvalue weighted by Gasteiger charge is 2.30. The number of halogens is 1. The number of aliphatic hydroxyl groups is 1. The van der Waals surface area contributed by atoms with Crippen LogP contribution >= 0.6 is 0 Å². The molecule has 5 nitrogen and oxygen atoms in total. The lowest BCUT2D eigenvalue weighted by Crippen LogP contribution is -2.41. The number of hydrogen-bond acceptors (Lipinski definition) is 4. The summed E-state index contributed by atoms with van der Waals surface area (Å²) in [6.45, 7) is 1.74. The lowest BCUT2D eigenvalue weighted by atomic mass is 10.2. The molecule has 0 radical (unpaired) electrons. The van der Waals surface area contributed by atoms with Crippen molar-refractivity contribution in [1.29, 1.82) is 0 Å². The predicted octanol–water partition coefficient (Wildman–Crippen LogP) is 1.08. The summed E-state index contributed by atoms with van der Waals surface area (Å²) in [6.07, 6.45) is 2.29. The van der Waals surface area contributed by atoms with Crippen LogP contribution in [0.4, 0.5) is 4.39 Å². The third kappa shape index (κ3) is 4.00. The van der Waals surface area contributed by atoms with Crippen LogP contribution in [-0.4, -0.2) is 44.1 Å². The molecule has 1 unspecified atom stereocenters. The van der Waals surface area contributed by atoms with Crippen molar-refractivity contribution < 1.29 is 17.9 Å². The Balaban J connectivity index is 2.09. The van der Waals surface area contributed by atoms with Crippen molar-refractivity contribution in [1.82, 2.24) is 9.62 Å². The van der Waals surface area contributed by atoms with Crippen molar-refractivity contribution in [3.63, 3.8) is 0 Å². The van der Waals surface area contributed by atoms with Gasteiger partial charge in [0.1, 0.15) is 5.82 Å². The summed E-state index contributed by atoms with van der Waals surface area (Å²) in [5.74, 6) is -0.643. The SMILES string of the molecule is CC(CNS(=O)(=O)c1cc(F)ccc1CO)N(C)C1CC1. The first-order valence-corrected chi connectivity index (χ1v) is 8.44.